The Morgan fingerprint density at radius 2 is 1.63 bits per heavy atom. The number of β-amino-alcohol motifs (C(OH)–C–C–N with tert-alkyl or cyclic N) is 1. The molecular formula is C22H29FN2O2. The summed E-state index contributed by atoms with van der Waals surface area (Å²) in [6.45, 7) is 9.27. The second-order valence-corrected chi connectivity index (χ2v) is 7.27. The maximum atomic E-state index is 12.9. The van der Waals surface area contributed by atoms with Crippen LogP contribution in [0.25, 0.3) is 0 Å². The van der Waals surface area contributed by atoms with E-state index in [-0.39, 0.29) is 5.82 Å². The molecule has 0 saturated carbocycles. The van der Waals surface area contributed by atoms with Crippen LogP contribution >= 0.6 is 0 Å². The SMILES string of the molecule is Cc1cccc(C)c1N1CCN(CC(O)CCOc2ccc(F)cc2)CC1. The summed E-state index contributed by atoms with van der Waals surface area (Å²) in [4.78, 5) is 4.76. The summed E-state index contributed by atoms with van der Waals surface area (Å²) in [5, 5.41) is 10.3. The summed E-state index contributed by atoms with van der Waals surface area (Å²) < 4.78 is 18.4. The number of aliphatic hydroxyl groups is 1. The average molecular weight is 372 g/mol. The number of aryl methyl sites for hydroxylation is 2. The van der Waals surface area contributed by atoms with Crippen molar-refractivity contribution in [3.05, 3.63) is 59.4 Å². The highest BCUT2D eigenvalue weighted by molar-refractivity contribution is 5.59. The van der Waals surface area contributed by atoms with Crippen LogP contribution in [0.4, 0.5) is 10.1 Å². The van der Waals surface area contributed by atoms with Gasteiger partial charge in [-0.15, -0.1) is 0 Å². The number of halogens is 1. The molecule has 27 heavy (non-hydrogen) atoms. The molecule has 0 spiro atoms. The Kier molecular flexibility index (Phi) is 6.69. The lowest BCUT2D eigenvalue weighted by Gasteiger charge is -2.38. The van der Waals surface area contributed by atoms with Gasteiger partial charge in [-0.2, -0.15) is 0 Å². The summed E-state index contributed by atoms with van der Waals surface area (Å²) in [6, 6.07) is 12.4. The second-order valence-electron chi connectivity index (χ2n) is 7.27. The fourth-order valence-electron chi connectivity index (χ4n) is 3.69. The normalized spacial score (nSPS) is 16.4. The van der Waals surface area contributed by atoms with Crippen LogP contribution in [0.5, 0.6) is 5.75 Å². The number of aliphatic hydroxyl groups excluding tert-OH is 1. The number of hydrogen-bond donors (Lipinski definition) is 1. The lowest BCUT2D eigenvalue weighted by Crippen LogP contribution is -2.49. The Bertz CT molecular complexity index is 707. The smallest absolute Gasteiger partial charge is 0.123 e. The second kappa shape index (κ2) is 9.20. The Morgan fingerprint density at radius 3 is 2.26 bits per heavy atom. The van der Waals surface area contributed by atoms with Crippen molar-refractivity contribution in [1.29, 1.82) is 0 Å². The zero-order chi connectivity index (χ0) is 19.2. The number of benzene rings is 2. The van der Waals surface area contributed by atoms with Crippen molar-refractivity contribution in [2.24, 2.45) is 0 Å². The van der Waals surface area contributed by atoms with Gasteiger partial charge >= 0.3 is 0 Å². The number of para-hydroxylation sites is 1. The Labute approximate surface area is 161 Å². The standard InChI is InChI=1S/C22H29FN2O2/c1-17-4-3-5-18(2)22(17)25-13-11-24(12-14-25)16-20(26)10-15-27-21-8-6-19(23)7-9-21/h3-9,20,26H,10-16H2,1-2H3. The molecular weight excluding hydrogens is 343 g/mol. The molecule has 0 aliphatic carbocycles. The first-order chi connectivity index (χ1) is 13.0. The molecule has 1 heterocycles. The maximum absolute atomic E-state index is 12.9. The number of piperazine rings is 1. The summed E-state index contributed by atoms with van der Waals surface area (Å²) in [5.41, 5.74) is 3.99. The summed E-state index contributed by atoms with van der Waals surface area (Å²) in [7, 11) is 0. The van der Waals surface area contributed by atoms with Gasteiger partial charge in [0.25, 0.3) is 0 Å². The van der Waals surface area contributed by atoms with Crippen molar-refractivity contribution in [2.75, 3.05) is 44.2 Å². The third-order valence-corrected chi connectivity index (χ3v) is 5.13. The van der Waals surface area contributed by atoms with Gasteiger partial charge in [-0.25, -0.2) is 4.39 Å². The van der Waals surface area contributed by atoms with Crippen molar-refractivity contribution in [3.63, 3.8) is 0 Å². The van der Waals surface area contributed by atoms with Gasteiger partial charge in [-0.1, -0.05) is 18.2 Å². The molecule has 5 heteroatoms. The van der Waals surface area contributed by atoms with E-state index < -0.39 is 6.10 Å². The summed E-state index contributed by atoms with van der Waals surface area (Å²) >= 11 is 0. The number of rotatable bonds is 7. The maximum Gasteiger partial charge on any atom is 0.123 e. The van der Waals surface area contributed by atoms with Crippen LogP contribution in [-0.4, -0.2) is 55.4 Å². The predicted molar refractivity (Wildman–Crippen MR) is 107 cm³/mol. The fourth-order valence-corrected chi connectivity index (χ4v) is 3.69. The first-order valence-electron chi connectivity index (χ1n) is 9.63. The molecule has 1 unspecified atom stereocenters. The third-order valence-electron chi connectivity index (χ3n) is 5.13. The van der Waals surface area contributed by atoms with Gasteiger partial charge in [-0.05, 0) is 49.2 Å². The van der Waals surface area contributed by atoms with E-state index in [2.05, 4.69) is 41.8 Å². The van der Waals surface area contributed by atoms with Gasteiger partial charge in [0, 0.05) is 44.8 Å². The molecule has 0 bridgehead atoms. The third kappa shape index (κ3) is 5.44. The summed E-state index contributed by atoms with van der Waals surface area (Å²) in [6.07, 6.45) is 0.145. The molecule has 0 aromatic heterocycles. The first kappa shape index (κ1) is 19.6. The van der Waals surface area contributed by atoms with Gasteiger partial charge in [0.1, 0.15) is 11.6 Å². The topological polar surface area (TPSA) is 35.9 Å². The molecule has 0 radical (unpaired) electrons. The molecule has 1 atom stereocenters. The van der Waals surface area contributed by atoms with E-state index in [0.29, 0.717) is 25.3 Å². The Hall–Kier alpha value is -2.11. The lowest BCUT2D eigenvalue weighted by molar-refractivity contribution is 0.0885. The largest absolute Gasteiger partial charge is 0.493 e. The molecule has 3 rings (SSSR count). The van der Waals surface area contributed by atoms with Crippen molar-refractivity contribution >= 4 is 5.69 Å². The van der Waals surface area contributed by atoms with E-state index >= 15 is 0 Å². The zero-order valence-corrected chi connectivity index (χ0v) is 16.2. The number of anilines is 1. The Balaban J connectivity index is 1.40. The monoisotopic (exact) mass is 372 g/mol. The van der Waals surface area contributed by atoms with E-state index in [0.717, 1.165) is 26.2 Å². The minimum atomic E-state index is -0.419. The van der Waals surface area contributed by atoms with Crippen LogP contribution in [-0.2, 0) is 0 Å². The van der Waals surface area contributed by atoms with Crippen LogP contribution in [0.3, 0.4) is 0 Å². The van der Waals surface area contributed by atoms with Crippen LogP contribution in [0.2, 0.25) is 0 Å². The Morgan fingerprint density at radius 1 is 1.00 bits per heavy atom. The van der Waals surface area contributed by atoms with Crippen LogP contribution < -0.4 is 9.64 Å². The number of hydrogen-bond acceptors (Lipinski definition) is 4. The van der Waals surface area contributed by atoms with Crippen molar-refractivity contribution in [3.8, 4) is 5.75 Å². The van der Waals surface area contributed by atoms with Gasteiger partial charge < -0.3 is 14.7 Å². The highest BCUT2D eigenvalue weighted by Crippen LogP contribution is 2.25. The lowest BCUT2D eigenvalue weighted by atomic mass is 10.1. The van der Waals surface area contributed by atoms with E-state index in [4.69, 9.17) is 4.74 Å². The molecule has 1 aliphatic rings. The van der Waals surface area contributed by atoms with Gasteiger partial charge in [0.05, 0.1) is 12.7 Å². The fraction of sp³-hybridized carbons (Fsp3) is 0.455. The number of ether oxygens (including phenoxy) is 1. The molecule has 1 aliphatic heterocycles. The minimum absolute atomic E-state index is 0.276. The number of nitrogens with zero attached hydrogens (tertiary/aromatic N) is 2. The van der Waals surface area contributed by atoms with Crippen molar-refractivity contribution in [2.45, 2.75) is 26.4 Å². The molecule has 0 amide bonds. The van der Waals surface area contributed by atoms with Crippen LogP contribution in [0.1, 0.15) is 17.5 Å². The molecule has 146 valence electrons. The van der Waals surface area contributed by atoms with Gasteiger partial charge in [-0.3, -0.25) is 4.90 Å². The first-order valence-corrected chi connectivity index (χ1v) is 9.63. The van der Waals surface area contributed by atoms with Crippen molar-refractivity contribution < 1.29 is 14.2 Å². The van der Waals surface area contributed by atoms with Crippen molar-refractivity contribution in [1.82, 2.24) is 4.90 Å². The predicted octanol–water partition coefficient (Wildman–Crippen LogP) is 3.39. The molecule has 2 aromatic rings. The molecule has 1 N–H and O–H groups in total. The van der Waals surface area contributed by atoms with Gasteiger partial charge in [0.15, 0.2) is 0 Å². The quantitative estimate of drug-likeness (QED) is 0.808. The minimum Gasteiger partial charge on any atom is -0.493 e. The van der Waals surface area contributed by atoms with E-state index in [1.165, 1.54) is 28.9 Å². The average Bonchev–Trinajstić information content (AvgIpc) is 2.64. The van der Waals surface area contributed by atoms with E-state index in [1.54, 1.807) is 12.1 Å². The van der Waals surface area contributed by atoms with E-state index in [9.17, 15) is 9.50 Å². The highest BCUT2D eigenvalue weighted by Gasteiger charge is 2.21. The van der Waals surface area contributed by atoms with Gasteiger partial charge in [0.2, 0.25) is 0 Å². The molecule has 2 aromatic carbocycles. The zero-order valence-electron chi connectivity index (χ0n) is 16.2. The molecule has 1 saturated heterocycles. The van der Waals surface area contributed by atoms with Crippen LogP contribution in [0.15, 0.2) is 42.5 Å². The molecule has 1 fully saturated rings. The van der Waals surface area contributed by atoms with E-state index in [1.807, 2.05) is 0 Å². The van der Waals surface area contributed by atoms with Crippen LogP contribution in [0, 0.1) is 19.7 Å². The molecule has 4 nitrogen and oxygen atoms in total. The highest BCUT2D eigenvalue weighted by atomic mass is 19.1. The summed E-state index contributed by atoms with van der Waals surface area (Å²) in [5.74, 6) is 0.355.